The van der Waals surface area contributed by atoms with Crippen LogP contribution in [0.25, 0.3) is 100 Å². The van der Waals surface area contributed by atoms with Crippen LogP contribution >= 0.6 is 0 Å². The van der Waals surface area contributed by atoms with Crippen molar-refractivity contribution in [3.63, 3.8) is 0 Å². The normalized spacial score (nSPS) is 13.1. The number of fused-ring (bicyclic) bond motifs is 9. The first-order valence-electron chi connectivity index (χ1n) is 20.1. The smallest absolute Gasteiger partial charge is 0.238 e. The van der Waals surface area contributed by atoms with E-state index in [1.807, 2.05) is 48.8 Å². The summed E-state index contributed by atoms with van der Waals surface area (Å²) in [5.74, 6) is 1.85. The van der Waals surface area contributed by atoms with Crippen LogP contribution in [0.3, 0.4) is 0 Å². The number of nitrogens with zero attached hydrogens (tertiary/aromatic N) is 6. The average Bonchev–Trinajstić information content (AvgIpc) is 3.88. The molecule has 0 N–H and O–H groups in total. The SMILES string of the molecule is CC1(C)c2ccccc2-c2cc3c4cc(-c5ccc6c(c5)c5cnccc5n6-c5ccccc5)ccc4n(-c4nc(-c5ccccc5)nc(-c5ccccc5)n4)c3cc21. The van der Waals surface area contributed by atoms with E-state index in [4.69, 9.17) is 15.0 Å². The Morgan fingerprint density at radius 1 is 0.407 bits per heavy atom. The number of hydrogen-bond donors (Lipinski definition) is 0. The zero-order valence-corrected chi connectivity index (χ0v) is 32.5. The second-order valence-corrected chi connectivity index (χ2v) is 16.0. The summed E-state index contributed by atoms with van der Waals surface area (Å²) in [7, 11) is 0. The molecule has 7 aromatic carbocycles. The number of pyridine rings is 1. The van der Waals surface area contributed by atoms with E-state index in [1.54, 1.807) is 0 Å². The van der Waals surface area contributed by atoms with Gasteiger partial charge in [-0.3, -0.25) is 9.55 Å². The number of aromatic nitrogens is 6. The summed E-state index contributed by atoms with van der Waals surface area (Å²) in [6.45, 7) is 4.66. The van der Waals surface area contributed by atoms with Crippen LogP contribution in [0.15, 0.2) is 182 Å². The molecule has 6 nitrogen and oxygen atoms in total. The van der Waals surface area contributed by atoms with E-state index in [0.717, 1.165) is 66.2 Å². The lowest BCUT2D eigenvalue weighted by Crippen LogP contribution is -2.15. The van der Waals surface area contributed by atoms with Crippen LogP contribution in [0.2, 0.25) is 0 Å². The minimum absolute atomic E-state index is 0.181. The molecule has 278 valence electrons. The van der Waals surface area contributed by atoms with Gasteiger partial charge in [-0.1, -0.05) is 129 Å². The van der Waals surface area contributed by atoms with Gasteiger partial charge in [0.1, 0.15) is 0 Å². The van der Waals surface area contributed by atoms with Gasteiger partial charge in [0.15, 0.2) is 11.6 Å². The van der Waals surface area contributed by atoms with Gasteiger partial charge in [0.2, 0.25) is 5.95 Å². The first-order valence-corrected chi connectivity index (χ1v) is 20.1. The summed E-state index contributed by atoms with van der Waals surface area (Å²) in [5, 5.41) is 4.59. The van der Waals surface area contributed by atoms with Crippen LogP contribution in [0, 0.1) is 0 Å². The van der Waals surface area contributed by atoms with Crippen molar-refractivity contribution in [3.8, 4) is 56.7 Å². The van der Waals surface area contributed by atoms with Crippen molar-refractivity contribution in [2.75, 3.05) is 0 Å². The van der Waals surface area contributed by atoms with Gasteiger partial charge in [-0.25, -0.2) is 4.98 Å². The Kier molecular flexibility index (Phi) is 7.17. The third-order valence-electron chi connectivity index (χ3n) is 12.3. The first kappa shape index (κ1) is 33.4. The van der Waals surface area contributed by atoms with Gasteiger partial charge in [-0.05, 0) is 88.0 Å². The zero-order chi connectivity index (χ0) is 39.2. The summed E-state index contributed by atoms with van der Waals surface area (Å²) >= 11 is 0. The molecule has 1 aliphatic rings. The highest BCUT2D eigenvalue weighted by molar-refractivity contribution is 6.14. The fourth-order valence-electron chi connectivity index (χ4n) is 9.41. The molecule has 0 aliphatic heterocycles. The van der Waals surface area contributed by atoms with Crippen molar-refractivity contribution in [2.45, 2.75) is 19.3 Å². The second kappa shape index (κ2) is 12.7. The summed E-state index contributed by atoms with van der Waals surface area (Å²) in [5.41, 5.74) is 14.7. The van der Waals surface area contributed by atoms with Gasteiger partial charge in [-0.15, -0.1) is 0 Å². The monoisotopic (exact) mass is 756 g/mol. The molecule has 6 heteroatoms. The maximum absolute atomic E-state index is 5.24. The predicted octanol–water partition coefficient (Wildman–Crippen LogP) is 12.8. The molecule has 0 saturated heterocycles. The van der Waals surface area contributed by atoms with Gasteiger partial charge < -0.3 is 4.57 Å². The van der Waals surface area contributed by atoms with Crippen LogP contribution in [0.1, 0.15) is 25.0 Å². The van der Waals surface area contributed by atoms with E-state index < -0.39 is 0 Å². The lowest BCUT2D eigenvalue weighted by atomic mass is 9.82. The molecule has 59 heavy (non-hydrogen) atoms. The minimum Gasteiger partial charge on any atom is -0.309 e. The topological polar surface area (TPSA) is 61.4 Å². The Balaban J connectivity index is 1.12. The van der Waals surface area contributed by atoms with Crippen LogP contribution in [-0.4, -0.2) is 29.1 Å². The maximum atomic E-state index is 5.24. The number of hydrogen-bond acceptors (Lipinski definition) is 4. The average molecular weight is 757 g/mol. The van der Waals surface area contributed by atoms with Crippen molar-refractivity contribution in [1.29, 1.82) is 0 Å². The van der Waals surface area contributed by atoms with Crippen LogP contribution in [0.5, 0.6) is 0 Å². The molecule has 1 aliphatic carbocycles. The Labute approximate surface area is 340 Å². The lowest BCUT2D eigenvalue weighted by Gasteiger charge is -2.21. The highest BCUT2D eigenvalue weighted by Gasteiger charge is 2.36. The Hall–Kier alpha value is -7.70. The highest BCUT2D eigenvalue weighted by Crippen LogP contribution is 2.51. The molecule has 11 aromatic rings. The van der Waals surface area contributed by atoms with E-state index in [1.165, 1.54) is 27.6 Å². The molecule has 0 fully saturated rings. The largest absolute Gasteiger partial charge is 0.309 e. The molecule has 0 unspecified atom stereocenters. The number of para-hydroxylation sites is 1. The molecule has 0 spiro atoms. The fraction of sp³-hybridized carbons (Fsp3) is 0.0566. The van der Waals surface area contributed by atoms with Gasteiger partial charge in [0.25, 0.3) is 0 Å². The molecule has 0 atom stereocenters. The second-order valence-electron chi connectivity index (χ2n) is 16.0. The number of benzene rings is 7. The molecule has 4 aromatic heterocycles. The molecule has 4 heterocycles. The van der Waals surface area contributed by atoms with Gasteiger partial charge in [0, 0.05) is 56.2 Å². The van der Waals surface area contributed by atoms with Gasteiger partial charge in [-0.2, -0.15) is 9.97 Å². The third kappa shape index (κ3) is 5.06. The molecule has 12 rings (SSSR count). The summed E-state index contributed by atoms with van der Waals surface area (Å²) in [6, 6.07) is 60.3. The Morgan fingerprint density at radius 3 is 1.64 bits per heavy atom. The standard InChI is InChI=1S/C53H36N6/c1-53(2)44-21-13-12-20-38(44)39-30-42-40-28-35(36-22-24-46-41(29-36)43-32-54-27-26-48(43)58(46)37-18-10-5-11-19-37)23-25-47(40)59(49(42)31-45(39)53)52-56-50(33-14-6-3-7-15-33)55-51(57-52)34-16-8-4-9-17-34/h3-32H,1-2H3. The van der Waals surface area contributed by atoms with Crippen molar-refractivity contribution < 1.29 is 0 Å². The van der Waals surface area contributed by atoms with E-state index in [0.29, 0.717) is 17.6 Å². The zero-order valence-electron chi connectivity index (χ0n) is 32.5. The predicted molar refractivity (Wildman–Crippen MR) is 240 cm³/mol. The number of rotatable bonds is 5. The summed E-state index contributed by atoms with van der Waals surface area (Å²) < 4.78 is 4.58. The van der Waals surface area contributed by atoms with Crippen molar-refractivity contribution in [1.82, 2.24) is 29.1 Å². The van der Waals surface area contributed by atoms with Gasteiger partial charge >= 0.3 is 0 Å². The molecular weight excluding hydrogens is 721 g/mol. The van der Waals surface area contributed by atoms with Crippen molar-refractivity contribution in [3.05, 3.63) is 193 Å². The fourth-order valence-corrected chi connectivity index (χ4v) is 9.41. The Bertz CT molecular complexity index is 3400. The van der Waals surface area contributed by atoms with E-state index in [2.05, 4.69) is 161 Å². The molecular formula is C53H36N6. The quantitative estimate of drug-likeness (QED) is 0.175. The molecule has 0 amide bonds. The molecule has 0 saturated carbocycles. The van der Waals surface area contributed by atoms with Crippen LogP contribution < -0.4 is 0 Å². The summed E-state index contributed by atoms with van der Waals surface area (Å²) in [4.78, 5) is 20.1. The highest BCUT2D eigenvalue weighted by atomic mass is 15.2. The lowest BCUT2D eigenvalue weighted by molar-refractivity contribution is 0.661. The van der Waals surface area contributed by atoms with Crippen molar-refractivity contribution in [2.24, 2.45) is 0 Å². The minimum atomic E-state index is -0.181. The van der Waals surface area contributed by atoms with Crippen LogP contribution in [-0.2, 0) is 5.41 Å². The van der Waals surface area contributed by atoms with Crippen LogP contribution in [0.4, 0.5) is 0 Å². The Morgan fingerprint density at radius 2 is 0.966 bits per heavy atom. The van der Waals surface area contributed by atoms with E-state index >= 15 is 0 Å². The van der Waals surface area contributed by atoms with E-state index in [9.17, 15) is 0 Å². The molecule has 0 bridgehead atoms. The van der Waals surface area contributed by atoms with Crippen molar-refractivity contribution >= 4 is 43.6 Å². The summed E-state index contributed by atoms with van der Waals surface area (Å²) in [6.07, 6.45) is 3.86. The first-order chi connectivity index (χ1) is 29.0. The third-order valence-corrected chi connectivity index (χ3v) is 12.3. The maximum Gasteiger partial charge on any atom is 0.238 e. The van der Waals surface area contributed by atoms with Gasteiger partial charge in [0.05, 0.1) is 22.1 Å². The van der Waals surface area contributed by atoms with E-state index in [-0.39, 0.29) is 5.41 Å². The molecule has 0 radical (unpaired) electrons.